The number of hydrogen-bond donors (Lipinski definition) is 0. The van der Waals surface area contributed by atoms with Gasteiger partial charge in [0.2, 0.25) is 5.78 Å². The molecule has 0 radical (unpaired) electrons. The number of carbonyl (C=O) groups is 2. The molecule has 0 N–H and O–H groups in total. The molecule has 0 aliphatic heterocycles. The molecule has 0 bridgehead atoms. The molecule has 0 fully saturated rings. The molecular formula is C22H17BrO3. The molecule has 0 atom stereocenters. The van der Waals surface area contributed by atoms with Gasteiger partial charge in [-0.3, -0.25) is 4.79 Å². The Labute approximate surface area is 160 Å². The lowest BCUT2D eigenvalue weighted by molar-refractivity contribution is 0.0473. The summed E-state index contributed by atoms with van der Waals surface area (Å²) in [5.74, 6) is -0.733. The third-order valence-corrected chi connectivity index (χ3v) is 4.67. The van der Waals surface area contributed by atoms with Crippen molar-refractivity contribution in [2.24, 2.45) is 0 Å². The third-order valence-electron chi connectivity index (χ3n) is 3.98. The zero-order valence-electron chi connectivity index (χ0n) is 14.0. The number of ketones is 1. The van der Waals surface area contributed by atoms with Gasteiger partial charge in [-0.1, -0.05) is 82.7 Å². The second-order valence-electron chi connectivity index (χ2n) is 5.80. The van der Waals surface area contributed by atoms with Crippen molar-refractivity contribution in [3.8, 4) is 0 Å². The van der Waals surface area contributed by atoms with Crippen molar-refractivity contribution in [2.45, 2.75) is 6.42 Å². The van der Waals surface area contributed by atoms with Crippen LogP contribution in [0.4, 0.5) is 0 Å². The topological polar surface area (TPSA) is 43.4 Å². The van der Waals surface area contributed by atoms with E-state index >= 15 is 0 Å². The molecule has 0 aliphatic carbocycles. The summed E-state index contributed by atoms with van der Waals surface area (Å²) >= 11 is 3.34. The van der Waals surface area contributed by atoms with Crippen LogP contribution in [0.2, 0.25) is 0 Å². The normalized spacial score (nSPS) is 10.3. The van der Waals surface area contributed by atoms with Gasteiger partial charge in [-0.25, -0.2) is 4.79 Å². The Morgan fingerprint density at radius 2 is 1.38 bits per heavy atom. The van der Waals surface area contributed by atoms with Crippen molar-refractivity contribution in [1.82, 2.24) is 0 Å². The van der Waals surface area contributed by atoms with E-state index in [-0.39, 0.29) is 12.4 Å². The minimum Gasteiger partial charge on any atom is -0.454 e. The van der Waals surface area contributed by atoms with Crippen molar-refractivity contribution in [3.05, 3.63) is 106 Å². The fraction of sp³-hybridized carbons (Fsp3) is 0.0909. The number of benzene rings is 3. The highest BCUT2D eigenvalue weighted by atomic mass is 79.9. The predicted molar refractivity (Wildman–Crippen MR) is 104 cm³/mol. The maximum absolute atomic E-state index is 12.5. The molecule has 0 amide bonds. The molecule has 0 spiro atoms. The van der Waals surface area contributed by atoms with Crippen LogP contribution in [0.5, 0.6) is 0 Å². The Bertz CT molecular complexity index is 919. The Balaban J connectivity index is 1.70. The highest BCUT2D eigenvalue weighted by Gasteiger charge is 2.16. The first-order valence-corrected chi connectivity index (χ1v) is 9.01. The summed E-state index contributed by atoms with van der Waals surface area (Å²) in [6, 6.07) is 24.3. The lowest BCUT2D eigenvalue weighted by atomic mass is 10.00. The molecule has 3 aromatic rings. The van der Waals surface area contributed by atoms with E-state index in [2.05, 4.69) is 15.9 Å². The van der Waals surface area contributed by atoms with E-state index in [1.807, 2.05) is 48.5 Å². The van der Waals surface area contributed by atoms with Crippen LogP contribution >= 0.6 is 15.9 Å². The van der Waals surface area contributed by atoms with Crippen molar-refractivity contribution in [3.63, 3.8) is 0 Å². The lowest BCUT2D eigenvalue weighted by Gasteiger charge is -2.10. The van der Waals surface area contributed by atoms with E-state index in [4.69, 9.17) is 4.74 Å². The smallest absolute Gasteiger partial charge is 0.338 e. The molecular weight excluding hydrogens is 392 g/mol. The van der Waals surface area contributed by atoms with Crippen molar-refractivity contribution >= 4 is 27.7 Å². The fourth-order valence-electron chi connectivity index (χ4n) is 2.66. The fourth-order valence-corrected chi connectivity index (χ4v) is 3.17. The average Bonchev–Trinajstić information content (AvgIpc) is 2.67. The van der Waals surface area contributed by atoms with Crippen molar-refractivity contribution < 1.29 is 14.3 Å². The van der Waals surface area contributed by atoms with Gasteiger partial charge in [-0.15, -0.1) is 0 Å². The van der Waals surface area contributed by atoms with E-state index in [0.29, 0.717) is 22.0 Å². The number of ether oxygens (including phenoxy) is 1. The largest absolute Gasteiger partial charge is 0.454 e. The number of rotatable bonds is 6. The van der Waals surface area contributed by atoms with Crippen LogP contribution in [0.15, 0.2) is 83.3 Å². The Morgan fingerprint density at radius 1 is 0.769 bits per heavy atom. The maximum Gasteiger partial charge on any atom is 0.338 e. The average molecular weight is 409 g/mol. The highest BCUT2D eigenvalue weighted by Crippen LogP contribution is 2.18. The second-order valence-corrected chi connectivity index (χ2v) is 6.65. The van der Waals surface area contributed by atoms with Crippen molar-refractivity contribution in [2.75, 3.05) is 6.61 Å². The van der Waals surface area contributed by atoms with Crippen LogP contribution in [-0.2, 0) is 11.2 Å². The Hall–Kier alpha value is -2.72. The molecule has 130 valence electrons. The van der Waals surface area contributed by atoms with Crippen LogP contribution in [-0.4, -0.2) is 18.4 Å². The summed E-state index contributed by atoms with van der Waals surface area (Å²) < 4.78 is 5.95. The zero-order valence-corrected chi connectivity index (χ0v) is 15.6. The quantitative estimate of drug-likeness (QED) is 0.421. The van der Waals surface area contributed by atoms with Crippen LogP contribution < -0.4 is 0 Å². The first kappa shape index (κ1) is 18.1. The van der Waals surface area contributed by atoms with E-state index < -0.39 is 5.97 Å². The van der Waals surface area contributed by atoms with Gasteiger partial charge in [0.25, 0.3) is 0 Å². The monoisotopic (exact) mass is 408 g/mol. The molecule has 0 saturated carbocycles. The molecule has 0 aliphatic rings. The molecule has 0 aromatic heterocycles. The molecule has 0 unspecified atom stereocenters. The molecule has 0 saturated heterocycles. The van der Waals surface area contributed by atoms with Crippen LogP contribution in [0.25, 0.3) is 0 Å². The van der Waals surface area contributed by atoms with E-state index in [9.17, 15) is 9.59 Å². The summed E-state index contributed by atoms with van der Waals surface area (Å²) in [4.78, 5) is 24.8. The number of esters is 1. The zero-order chi connectivity index (χ0) is 18.4. The van der Waals surface area contributed by atoms with E-state index in [0.717, 1.165) is 11.1 Å². The first-order valence-electron chi connectivity index (χ1n) is 8.22. The number of Topliss-reactive ketones (excluding diaryl/α,β-unsaturated/α-hetero) is 1. The first-order chi connectivity index (χ1) is 12.6. The predicted octanol–water partition coefficient (Wildman–Crippen LogP) is 5.08. The van der Waals surface area contributed by atoms with Gasteiger partial charge < -0.3 is 4.74 Å². The molecule has 0 heterocycles. The van der Waals surface area contributed by atoms with E-state index in [1.54, 1.807) is 30.3 Å². The maximum atomic E-state index is 12.5. The number of halogens is 1. The Kier molecular flexibility index (Phi) is 5.97. The lowest BCUT2D eigenvalue weighted by Crippen LogP contribution is -2.16. The van der Waals surface area contributed by atoms with Gasteiger partial charge in [-0.05, 0) is 29.7 Å². The summed E-state index contributed by atoms with van der Waals surface area (Å²) in [6.45, 7) is -0.291. The summed E-state index contributed by atoms with van der Waals surface area (Å²) in [7, 11) is 0. The molecule has 3 aromatic carbocycles. The van der Waals surface area contributed by atoms with Gasteiger partial charge in [-0.2, -0.15) is 0 Å². The number of hydrogen-bond acceptors (Lipinski definition) is 3. The number of carbonyl (C=O) groups excluding carboxylic acids is 2. The van der Waals surface area contributed by atoms with E-state index in [1.165, 1.54) is 0 Å². The van der Waals surface area contributed by atoms with Gasteiger partial charge >= 0.3 is 5.97 Å². The summed E-state index contributed by atoms with van der Waals surface area (Å²) in [5.41, 5.74) is 2.96. The van der Waals surface area contributed by atoms with Gasteiger partial charge in [0.1, 0.15) is 0 Å². The van der Waals surface area contributed by atoms with Gasteiger partial charge in [0, 0.05) is 10.0 Å². The SMILES string of the molecule is O=C(COC(=O)c1ccccc1Cc1ccccc1)c1ccccc1Br. The molecule has 4 heteroatoms. The highest BCUT2D eigenvalue weighted by molar-refractivity contribution is 9.10. The summed E-state index contributed by atoms with van der Waals surface area (Å²) in [6.07, 6.45) is 0.629. The minimum atomic E-state index is -0.489. The third kappa shape index (κ3) is 4.46. The second kappa shape index (κ2) is 8.59. The van der Waals surface area contributed by atoms with Crippen LogP contribution in [0.3, 0.4) is 0 Å². The van der Waals surface area contributed by atoms with Gasteiger partial charge in [0.15, 0.2) is 6.61 Å². The van der Waals surface area contributed by atoms with Crippen molar-refractivity contribution in [1.29, 1.82) is 0 Å². The summed E-state index contributed by atoms with van der Waals surface area (Å²) in [5, 5.41) is 0. The van der Waals surface area contributed by atoms with Gasteiger partial charge in [0.05, 0.1) is 5.56 Å². The molecule has 3 rings (SSSR count). The standard InChI is InChI=1S/C22H17BrO3/c23-20-13-7-6-12-19(20)21(24)15-26-22(25)18-11-5-4-10-17(18)14-16-8-2-1-3-9-16/h1-13H,14-15H2. The molecule has 26 heavy (non-hydrogen) atoms. The minimum absolute atomic E-state index is 0.244. The molecule has 3 nitrogen and oxygen atoms in total. The Morgan fingerprint density at radius 3 is 2.12 bits per heavy atom. The van der Waals surface area contributed by atoms with Crippen LogP contribution in [0.1, 0.15) is 31.8 Å². The van der Waals surface area contributed by atoms with Crippen LogP contribution in [0, 0.1) is 0 Å².